The van der Waals surface area contributed by atoms with E-state index in [-0.39, 0.29) is 12.8 Å². The highest BCUT2D eigenvalue weighted by molar-refractivity contribution is 5.92. The maximum atomic E-state index is 12.8. The first kappa shape index (κ1) is 21.8. The molecule has 10 nitrogen and oxygen atoms in total. The van der Waals surface area contributed by atoms with Crippen LogP contribution in [-0.4, -0.2) is 70.1 Å². The van der Waals surface area contributed by atoms with Crippen molar-refractivity contribution in [2.24, 2.45) is 11.5 Å². The fourth-order valence-electron chi connectivity index (χ4n) is 2.93. The van der Waals surface area contributed by atoms with E-state index < -0.39 is 41.9 Å². The summed E-state index contributed by atoms with van der Waals surface area (Å²) in [4.78, 5) is 48.1. The van der Waals surface area contributed by atoms with Gasteiger partial charge in [0.1, 0.15) is 12.1 Å². The number of carbonyl (C=O) groups excluding carboxylic acids is 2. The Morgan fingerprint density at radius 2 is 1.85 bits per heavy atom. The van der Waals surface area contributed by atoms with Gasteiger partial charge in [0.2, 0.25) is 11.8 Å². The van der Waals surface area contributed by atoms with Crippen LogP contribution in [0.4, 0.5) is 0 Å². The van der Waals surface area contributed by atoms with E-state index in [1.165, 1.54) is 4.90 Å². The summed E-state index contributed by atoms with van der Waals surface area (Å²) < 4.78 is 0. The Morgan fingerprint density at radius 3 is 2.42 bits per heavy atom. The van der Waals surface area contributed by atoms with E-state index in [2.05, 4.69) is 5.32 Å². The SMILES string of the molecule is NCCCC[C@H](NC(=O)[C@@H](N)CCC(=O)O)C(=O)N1CCC[C@H]1C(=O)O. The third-order valence-electron chi connectivity index (χ3n) is 4.39. The monoisotopic (exact) mass is 372 g/mol. The van der Waals surface area contributed by atoms with Gasteiger partial charge in [-0.15, -0.1) is 0 Å². The number of likely N-dealkylation sites (tertiary alicyclic amines) is 1. The van der Waals surface area contributed by atoms with E-state index in [0.717, 1.165) is 0 Å². The molecule has 0 aromatic rings. The van der Waals surface area contributed by atoms with Gasteiger partial charge in [0.05, 0.1) is 6.04 Å². The Bertz CT molecular complexity index is 527. The summed E-state index contributed by atoms with van der Waals surface area (Å²) in [6.07, 6.45) is 2.22. The van der Waals surface area contributed by atoms with Gasteiger partial charge in [0, 0.05) is 13.0 Å². The minimum atomic E-state index is -1.07. The van der Waals surface area contributed by atoms with Crippen LogP contribution in [0, 0.1) is 0 Å². The molecule has 3 atom stereocenters. The molecule has 0 saturated carbocycles. The number of hydrogen-bond acceptors (Lipinski definition) is 6. The van der Waals surface area contributed by atoms with Crippen LogP contribution in [0.3, 0.4) is 0 Å². The number of rotatable bonds is 11. The normalized spacial score (nSPS) is 19.0. The zero-order valence-corrected chi connectivity index (χ0v) is 14.7. The molecule has 0 spiro atoms. The van der Waals surface area contributed by atoms with Crippen molar-refractivity contribution in [3.8, 4) is 0 Å². The number of amides is 2. The third kappa shape index (κ3) is 6.60. The van der Waals surface area contributed by atoms with Crippen molar-refractivity contribution in [2.45, 2.75) is 63.1 Å². The summed E-state index contributed by atoms with van der Waals surface area (Å²) in [6.45, 7) is 0.762. The van der Waals surface area contributed by atoms with Crippen molar-refractivity contribution < 1.29 is 29.4 Å². The van der Waals surface area contributed by atoms with E-state index in [0.29, 0.717) is 45.2 Å². The van der Waals surface area contributed by atoms with Gasteiger partial charge in [-0.2, -0.15) is 0 Å². The largest absolute Gasteiger partial charge is 0.481 e. The number of aliphatic carboxylic acids is 2. The van der Waals surface area contributed by atoms with Crippen molar-refractivity contribution in [1.82, 2.24) is 10.2 Å². The molecule has 2 amide bonds. The van der Waals surface area contributed by atoms with Gasteiger partial charge in [-0.05, 0) is 45.1 Å². The lowest BCUT2D eigenvalue weighted by Crippen LogP contribution is -2.54. The molecule has 0 radical (unpaired) electrons. The Labute approximate surface area is 151 Å². The fourth-order valence-corrected chi connectivity index (χ4v) is 2.93. The van der Waals surface area contributed by atoms with Gasteiger partial charge in [-0.25, -0.2) is 4.79 Å². The van der Waals surface area contributed by atoms with Crippen LogP contribution in [0.2, 0.25) is 0 Å². The van der Waals surface area contributed by atoms with Gasteiger partial charge in [0.25, 0.3) is 0 Å². The summed E-state index contributed by atoms with van der Waals surface area (Å²) >= 11 is 0. The number of carboxylic acids is 2. The predicted molar refractivity (Wildman–Crippen MR) is 92.1 cm³/mol. The maximum Gasteiger partial charge on any atom is 0.326 e. The smallest absolute Gasteiger partial charge is 0.326 e. The number of nitrogens with one attached hydrogen (secondary N) is 1. The molecule has 0 aromatic carbocycles. The molecule has 1 aliphatic rings. The van der Waals surface area contributed by atoms with E-state index in [1.807, 2.05) is 0 Å². The summed E-state index contributed by atoms with van der Waals surface area (Å²) in [5, 5.41) is 20.5. The van der Waals surface area contributed by atoms with Crippen LogP contribution in [0.25, 0.3) is 0 Å². The lowest BCUT2D eigenvalue weighted by atomic mass is 10.1. The van der Waals surface area contributed by atoms with E-state index in [9.17, 15) is 24.3 Å². The molecule has 1 fully saturated rings. The first-order valence-corrected chi connectivity index (χ1v) is 8.79. The average Bonchev–Trinajstić information content (AvgIpc) is 3.08. The Balaban J connectivity index is 2.76. The molecular formula is C16H28N4O6. The molecule has 0 aromatic heterocycles. The summed E-state index contributed by atoms with van der Waals surface area (Å²) in [5.41, 5.74) is 11.1. The Hall–Kier alpha value is -2.20. The third-order valence-corrected chi connectivity index (χ3v) is 4.39. The van der Waals surface area contributed by atoms with E-state index in [1.54, 1.807) is 0 Å². The Kier molecular flexibility index (Phi) is 9.00. The molecule has 7 N–H and O–H groups in total. The summed E-state index contributed by atoms with van der Waals surface area (Å²) in [7, 11) is 0. The van der Waals surface area contributed by atoms with Crippen LogP contribution < -0.4 is 16.8 Å². The molecule has 10 heteroatoms. The van der Waals surface area contributed by atoms with Gasteiger partial charge < -0.3 is 31.9 Å². The molecule has 1 aliphatic heterocycles. The first-order chi connectivity index (χ1) is 12.3. The minimum Gasteiger partial charge on any atom is -0.481 e. The highest BCUT2D eigenvalue weighted by Gasteiger charge is 2.37. The Morgan fingerprint density at radius 1 is 1.15 bits per heavy atom. The standard InChI is InChI=1S/C16H28N4O6/c17-8-2-1-4-11(19-14(23)10(18)6-7-13(21)22)15(24)20-9-3-5-12(20)16(25)26/h10-12H,1-9,17-18H2,(H,19,23)(H,21,22)(H,25,26)/t10-,11-,12-/m0/s1. The molecule has 148 valence electrons. The van der Waals surface area contributed by atoms with Gasteiger partial charge in [-0.3, -0.25) is 14.4 Å². The van der Waals surface area contributed by atoms with Crippen molar-refractivity contribution in [1.29, 1.82) is 0 Å². The van der Waals surface area contributed by atoms with Crippen molar-refractivity contribution >= 4 is 23.8 Å². The molecular weight excluding hydrogens is 344 g/mol. The van der Waals surface area contributed by atoms with Crippen molar-refractivity contribution in [3.05, 3.63) is 0 Å². The second-order valence-corrected chi connectivity index (χ2v) is 6.41. The summed E-state index contributed by atoms with van der Waals surface area (Å²) in [5.74, 6) is -3.21. The van der Waals surface area contributed by atoms with Crippen LogP contribution in [0.5, 0.6) is 0 Å². The predicted octanol–water partition coefficient (Wildman–Crippen LogP) is -1.13. The quantitative estimate of drug-likeness (QED) is 0.283. The molecule has 1 rings (SSSR count). The number of unbranched alkanes of at least 4 members (excludes halogenated alkanes) is 1. The highest BCUT2D eigenvalue weighted by atomic mass is 16.4. The molecule has 1 heterocycles. The molecule has 0 aliphatic carbocycles. The van der Waals surface area contributed by atoms with Gasteiger partial charge in [0.15, 0.2) is 0 Å². The second-order valence-electron chi connectivity index (χ2n) is 6.41. The summed E-state index contributed by atoms with van der Waals surface area (Å²) in [6, 6.07) is -2.84. The van der Waals surface area contributed by atoms with Crippen LogP contribution in [0.15, 0.2) is 0 Å². The lowest BCUT2D eigenvalue weighted by molar-refractivity contribution is -0.149. The highest BCUT2D eigenvalue weighted by Crippen LogP contribution is 2.20. The average molecular weight is 372 g/mol. The fraction of sp³-hybridized carbons (Fsp3) is 0.750. The number of carboxylic acid groups (broad SMARTS) is 2. The first-order valence-electron chi connectivity index (χ1n) is 8.79. The van der Waals surface area contributed by atoms with Crippen molar-refractivity contribution in [2.75, 3.05) is 13.1 Å². The number of nitrogens with two attached hydrogens (primary N) is 2. The van der Waals surface area contributed by atoms with Crippen molar-refractivity contribution in [3.63, 3.8) is 0 Å². The van der Waals surface area contributed by atoms with E-state index >= 15 is 0 Å². The maximum absolute atomic E-state index is 12.8. The van der Waals surface area contributed by atoms with Crippen LogP contribution in [0.1, 0.15) is 44.9 Å². The minimum absolute atomic E-state index is 0.0493. The van der Waals surface area contributed by atoms with Gasteiger partial charge in [-0.1, -0.05) is 0 Å². The zero-order valence-electron chi connectivity index (χ0n) is 14.7. The van der Waals surface area contributed by atoms with Crippen LogP contribution >= 0.6 is 0 Å². The molecule has 0 unspecified atom stereocenters. The molecule has 26 heavy (non-hydrogen) atoms. The molecule has 1 saturated heterocycles. The lowest BCUT2D eigenvalue weighted by Gasteiger charge is -2.28. The molecule has 0 bridgehead atoms. The number of carbonyl (C=O) groups is 4. The van der Waals surface area contributed by atoms with E-state index in [4.69, 9.17) is 16.6 Å². The number of nitrogens with zero attached hydrogens (tertiary/aromatic N) is 1. The van der Waals surface area contributed by atoms with Gasteiger partial charge >= 0.3 is 11.9 Å². The topological polar surface area (TPSA) is 176 Å². The van der Waals surface area contributed by atoms with Crippen LogP contribution in [-0.2, 0) is 19.2 Å². The zero-order chi connectivity index (χ0) is 19.7. The number of hydrogen-bond donors (Lipinski definition) is 5. The second kappa shape index (κ2) is 10.7.